The first-order valence-electron chi connectivity index (χ1n) is 4.85. The summed E-state index contributed by atoms with van der Waals surface area (Å²) in [5.41, 5.74) is 1.06. The maximum absolute atomic E-state index is 6.13. The van der Waals surface area contributed by atoms with Crippen LogP contribution in [-0.2, 0) is 0 Å². The van der Waals surface area contributed by atoms with Crippen LogP contribution in [0.4, 0.5) is 0 Å². The Balaban J connectivity index is 2.31. The Bertz CT molecular complexity index is 318. The molecule has 1 aromatic carbocycles. The van der Waals surface area contributed by atoms with Gasteiger partial charge >= 0.3 is 0 Å². The highest BCUT2D eigenvalue weighted by Gasteiger charge is 2.25. The van der Waals surface area contributed by atoms with E-state index >= 15 is 0 Å². The average Bonchev–Trinajstić information content (AvgIpc) is 2.51. The van der Waals surface area contributed by atoms with Gasteiger partial charge in [-0.2, -0.15) is 0 Å². The average molecular weight is 230 g/mol. The molecule has 1 aromatic rings. The van der Waals surface area contributed by atoms with Crippen molar-refractivity contribution in [3.63, 3.8) is 0 Å². The first-order valence-corrected chi connectivity index (χ1v) is 5.61. The smallest absolute Gasteiger partial charge is 0.0468 e. The van der Waals surface area contributed by atoms with Crippen molar-refractivity contribution in [1.29, 1.82) is 0 Å². The van der Waals surface area contributed by atoms with Gasteiger partial charge in [-0.3, -0.25) is 0 Å². The largest absolute Gasteiger partial charge is 0.310 e. The summed E-state index contributed by atoms with van der Waals surface area (Å²) in [5.74, 6) is 0.701. The Morgan fingerprint density at radius 3 is 2.43 bits per heavy atom. The van der Waals surface area contributed by atoms with E-state index < -0.39 is 0 Å². The normalized spacial score (nSPS) is 26.8. The van der Waals surface area contributed by atoms with Gasteiger partial charge in [0.25, 0.3) is 0 Å². The van der Waals surface area contributed by atoms with Gasteiger partial charge in [-0.25, -0.2) is 0 Å². The molecule has 3 heteroatoms. The third-order valence-corrected chi connectivity index (χ3v) is 3.36. The summed E-state index contributed by atoms with van der Waals surface area (Å²) in [7, 11) is 0. The van der Waals surface area contributed by atoms with Gasteiger partial charge in [-0.05, 0) is 31.0 Å². The molecular weight excluding hydrogens is 217 g/mol. The lowest BCUT2D eigenvalue weighted by Gasteiger charge is -2.14. The summed E-state index contributed by atoms with van der Waals surface area (Å²) in [4.78, 5) is 0. The summed E-state index contributed by atoms with van der Waals surface area (Å²) < 4.78 is 0. The van der Waals surface area contributed by atoms with Crippen molar-refractivity contribution in [1.82, 2.24) is 5.32 Å². The second-order valence-corrected chi connectivity index (χ2v) is 4.75. The van der Waals surface area contributed by atoms with E-state index in [9.17, 15) is 0 Å². The van der Waals surface area contributed by atoms with Crippen molar-refractivity contribution in [3.8, 4) is 0 Å². The molecule has 1 nitrogen and oxygen atoms in total. The quantitative estimate of drug-likeness (QED) is 0.776. The fourth-order valence-corrected chi connectivity index (χ4v) is 2.64. The molecule has 1 heterocycles. The fraction of sp³-hybridized carbons (Fsp3) is 0.455. The second kappa shape index (κ2) is 4.09. The number of hydrogen-bond acceptors (Lipinski definition) is 1. The number of rotatable bonds is 1. The van der Waals surface area contributed by atoms with Crippen molar-refractivity contribution < 1.29 is 0 Å². The minimum Gasteiger partial charge on any atom is -0.310 e. The molecule has 76 valence electrons. The third-order valence-electron chi connectivity index (χ3n) is 2.70. The number of hydrogen-bond donors (Lipinski definition) is 1. The number of halogens is 2. The van der Waals surface area contributed by atoms with Gasteiger partial charge in [0, 0.05) is 21.7 Å². The Hall–Kier alpha value is -0.240. The van der Waals surface area contributed by atoms with Crippen LogP contribution in [0.15, 0.2) is 18.2 Å². The minimum absolute atomic E-state index is 0.325. The van der Waals surface area contributed by atoms with Gasteiger partial charge in [-0.15, -0.1) is 0 Å². The van der Waals surface area contributed by atoms with Crippen molar-refractivity contribution in [2.75, 3.05) is 6.54 Å². The van der Waals surface area contributed by atoms with Crippen LogP contribution in [0.1, 0.15) is 24.9 Å². The molecule has 0 amide bonds. The molecule has 0 radical (unpaired) electrons. The van der Waals surface area contributed by atoms with E-state index in [0.717, 1.165) is 28.6 Å². The highest BCUT2D eigenvalue weighted by atomic mass is 35.5. The Kier molecular flexibility index (Phi) is 3.01. The zero-order valence-electron chi connectivity index (χ0n) is 8.06. The van der Waals surface area contributed by atoms with Gasteiger partial charge < -0.3 is 5.32 Å². The van der Waals surface area contributed by atoms with Crippen LogP contribution in [0.25, 0.3) is 0 Å². The Morgan fingerprint density at radius 2 is 1.93 bits per heavy atom. The van der Waals surface area contributed by atoms with Gasteiger partial charge in [-0.1, -0.05) is 36.2 Å². The van der Waals surface area contributed by atoms with E-state index in [1.165, 1.54) is 0 Å². The van der Waals surface area contributed by atoms with Crippen molar-refractivity contribution >= 4 is 23.2 Å². The van der Waals surface area contributed by atoms with Crippen LogP contribution < -0.4 is 5.32 Å². The van der Waals surface area contributed by atoms with E-state index in [1.807, 2.05) is 18.2 Å². The van der Waals surface area contributed by atoms with Gasteiger partial charge in [0.1, 0.15) is 0 Å². The Morgan fingerprint density at radius 1 is 1.29 bits per heavy atom. The van der Waals surface area contributed by atoms with Crippen molar-refractivity contribution in [2.45, 2.75) is 19.4 Å². The zero-order chi connectivity index (χ0) is 10.1. The van der Waals surface area contributed by atoms with E-state index in [0.29, 0.717) is 12.0 Å². The van der Waals surface area contributed by atoms with Crippen LogP contribution in [0, 0.1) is 5.92 Å². The Labute approximate surface area is 94.4 Å². The SMILES string of the molecule is C[C@@H]1CN[C@H](c2c(Cl)cccc2Cl)C1. The molecule has 1 N–H and O–H groups in total. The molecule has 1 saturated heterocycles. The van der Waals surface area contributed by atoms with Crippen LogP contribution >= 0.6 is 23.2 Å². The number of benzene rings is 1. The molecule has 1 fully saturated rings. The fourth-order valence-electron chi connectivity index (χ4n) is 1.98. The lowest BCUT2D eigenvalue weighted by molar-refractivity contribution is 0.612. The highest BCUT2D eigenvalue weighted by Crippen LogP contribution is 2.35. The molecular formula is C11H13Cl2N. The predicted molar refractivity (Wildman–Crippen MR) is 61.0 cm³/mol. The molecule has 0 bridgehead atoms. The maximum atomic E-state index is 6.13. The first-order chi connectivity index (χ1) is 6.68. The topological polar surface area (TPSA) is 12.0 Å². The van der Waals surface area contributed by atoms with Crippen LogP contribution in [-0.4, -0.2) is 6.54 Å². The van der Waals surface area contributed by atoms with Gasteiger partial charge in [0.05, 0.1) is 0 Å². The first kappa shape index (κ1) is 10.3. The molecule has 0 aromatic heterocycles. The molecule has 2 rings (SSSR count). The van der Waals surface area contributed by atoms with Crippen LogP contribution in [0.2, 0.25) is 10.0 Å². The lowest BCUT2D eigenvalue weighted by Crippen LogP contribution is -2.14. The van der Waals surface area contributed by atoms with Gasteiger partial charge in [0.2, 0.25) is 0 Å². The van der Waals surface area contributed by atoms with E-state index in [4.69, 9.17) is 23.2 Å². The standard InChI is InChI=1S/C11H13Cl2N/c1-7-5-10(14-6-7)11-8(12)3-2-4-9(11)13/h2-4,7,10,14H,5-6H2,1H3/t7-,10-/m0/s1. The summed E-state index contributed by atoms with van der Waals surface area (Å²) in [6.45, 7) is 3.28. The second-order valence-electron chi connectivity index (χ2n) is 3.94. The molecule has 0 unspecified atom stereocenters. The summed E-state index contributed by atoms with van der Waals surface area (Å²) in [6.07, 6.45) is 1.11. The zero-order valence-corrected chi connectivity index (χ0v) is 9.57. The van der Waals surface area contributed by atoms with E-state index in [1.54, 1.807) is 0 Å². The summed E-state index contributed by atoms with van der Waals surface area (Å²) in [5, 5.41) is 4.97. The lowest BCUT2D eigenvalue weighted by atomic mass is 10.0. The summed E-state index contributed by atoms with van der Waals surface area (Å²) in [6, 6.07) is 6.00. The van der Waals surface area contributed by atoms with Crippen LogP contribution in [0.5, 0.6) is 0 Å². The van der Waals surface area contributed by atoms with E-state index in [2.05, 4.69) is 12.2 Å². The number of nitrogens with one attached hydrogen (secondary N) is 1. The molecule has 1 aliphatic rings. The molecule has 0 saturated carbocycles. The van der Waals surface area contributed by atoms with Crippen molar-refractivity contribution in [3.05, 3.63) is 33.8 Å². The van der Waals surface area contributed by atoms with Crippen molar-refractivity contribution in [2.24, 2.45) is 5.92 Å². The van der Waals surface area contributed by atoms with Crippen LogP contribution in [0.3, 0.4) is 0 Å². The monoisotopic (exact) mass is 229 g/mol. The summed E-state index contributed by atoms with van der Waals surface area (Å²) >= 11 is 12.3. The minimum atomic E-state index is 0.325. The molecule has 0 spiro atoms. The molecule has 1 aliphatic heterocycles. The predicted octanol–water partition coefficient (Wildman–Crippen LogP) is 3.66. The molecule has 2 atom stereocenters. The van der Waals surface area contributed by atoms with Gasteiger partial charge in [0.15, 0.2) is 0 Å². The third kappa shape index (κ3) is 1.90. The molecule has 14 heavy (non-hydrogen) atoms. The van der Waals surface area contributed by atoms with E-state index in [-0.39, 0.29) is 0 Å². The highest BCUT2D eigenvalue weighted by molar-refractivity contribution is 6.36. The molecule has 0 aliphatic carbocycles. The maximum Gasteiger partial charge on any atom is 0.0468 e.